The quantitative estimate of drug-likeness (QED) is 0.466. The molecule has 0 aromatic heterocycles. The van der Waals surface area contributed by atoms with E-state index in [1.807, 2.05) is 6.21 Å². The van der Waals surface area contributed by atoms with E-state index in [2.05, 4.69) is 26.7 Å². The minimum atomic E-state index is 0.955. The number of rotatable bonds is 0. The Morgan fingerprint density at radius 2 is 2.57 bits per heavy atom. The molecule has 7 heavy (non-hydrogen) atoms. The molecule has 0 amide bonds. The fourth-order valence-corrected chi connectivity index (χ4v) is 0.708. The van der Waals surface area contributed by atoms with Gasteiger partial charge in [0.2, 0.25) is 0 Å². The lowest BCUT2D eigenvalue weighted by atomic mass is 10.4. The predicted octanol–water partition coefficient (Wildman–Crippen LogP) is 0.878. The Bertz CT molecular complexity index is 151. The van der Waals surface area contributed by atoms with Gasteiger partial charge in [-0.3, -0.25) is 0 Å². The summed E-state index contributed by atoms with van der Waals surface area (Å²) in [5, 5.41) is 0. The highest BCUT2D eigenvalue weighted by Crippen LogP contribution is 2.00. The molecule has 1 heterocycles. The smallest absolute Gasteiger partial charge is 0.104 e. The highest BCUT2D eigenvalue weighted by molar-refractivity contribution is 9.12. The molecule has 0 N–H and O–H groups in total. The van der Waals surface area contributed by atoms with E-state index in [-0.39, 0.29) is 0 Å². The van der Waals surface area contributed by atoms with Crippen LogP contribution < -0.4 is 4.67 Å². The Morgan fingerprint density at radius 1 is 1.71 bits per heavy atom. The molecule has 36 valence electrons. The van der Waals surface area contributed by atoms with Crippen molar-refractivity contribution in [2.75, 3.05) is 0 Å². The maximum absolute atomic E-state index is 3.89. The molecular weight excluding hydrogens is 154 g/mol. The Labute approximate surface area is 50.6 Å². The summed E-state index contributed by atoms with van der Waals surface area (Å²) in [6.45, 7) is 0. The second-order valence-electron chi connectivity index (χ2n) is 1.29. The molecule has 1 nitrogen and oxygen atoms in total. The first-order valence-corrected chi connectivity index (χ1v) is 2.89. The molecule has 0 fully saturated rings. The number of allylic oxidation sites excluding steroid dienone is 2. The van der Waals surface area contributed by atoms with Gasteiger partial charge in [-0.2, -0.15) is 0 Å². The minimum Gasteiger partial charge on any atom is -0.104 e. The van der Waals surface area contributed by atoms with Gasteiger partial charge in [0.1, 0.15) is 0 Å². The van der Waals surface area contributed by atoms with E-state index in [9.17, 15) is 0 Å². The van der Waals surface area contributed by atoms with Crippen LogP contribution >= 0.6 is 15.9 Å². The molecule has 0 spiro atoms. The topological polar surface area (TPSA) is 14.1 Å². The van der Waals surface area contributed by atoms with Crippen molar-refractivity contribution < 1.29 is 0 Å². The van der Waals surface area contributed by atoms with Crippen molar-refractivity contribution in [2.24, 2.45) is 0 Å². The average Bonchev–Trinajstić information content (AvgIpc) is 1.69. The van der Waals surface area contributed by atoms with E-state index in [1.165, 1.54) is 0 Å². The van der Waals surface area contributed by atoms with Crippen molar-refractivity contribution in [1.29, 1.82) is 0 Å². The van der Waals surface area contributed by atoms with Crippen LogP contribution in [0.15, 0.2) is 10.6 Å². The van der Waals surface area contributed by atoms with Crippen LogP contribution in [-0.2, 0) is 0 Å². The number of hydrogen-bond acceptors (Lipinski definition) is 0. The lowest BCUT2D eigenvalue weighted by Crippen LogP contribution is -1.88. The molecule has 0 aromatic rings. The van der Waals surface area contributed by atoms with E-state index >= 15 is 0 Å². The zero-order valence-corrected chi connectivity index (χ0v) is 5.35. The Hall–Kier alpha value is -0.330. The largest absolute Gasteiger partial charge is 0.305 e. The minimum absolute atomic E-state index is 0.955. The van der Waals surface area contributed by atoms with E-state index in [1.54, 1.807) is 6.21 Å². The van der Waals surface area contributed by atoms with Crippen LogP contribution in [-0.4, -0.2) is 12.4 Å². The third-order valence-electron chi connectivity index (χ3n) is 0.722. The average molecular weight is 159 g/mol. The standard InChI is InChI=1S/C5H5BrN/c6-5-2-1-3-7-4-5/h2-4H,1H2/q+1. The first-order chi connectivity index (χ1) is 3.39. The Balaban J connectivity index is 2.82. The van der Waals surface area contributed by atoms with Gasteiger partial charge >= 0.3 is 6.21 Å². The maximum atomic E-state index is 3.89. The number of hydrogen-bond donors (Lipinski definition) is 0. The fraction of sp³-hybridized carbons (Fsp3) is 0.200. The summed E-state index contributed by atoms with van der Waals surface area (Å²) in [5.41, 5.74) is 0. The molecule has 0 unspecified atom stereocenters. The molecule has 0 bridgehead atoms. The molecule has 0 aliphatic carbocycles. The first-order valence-electron chi connectivity index (χ1n) is 2.10. The monoisotopic (exact) mass is 158 g/mol. The van der Waals surface area contributed by atoms with Gasteiger partial charge in [0, 0.05) is 0 Å². The van der Waals surface area contributed by atoms with Crippen LogP contribution in [0, 0.1) is 0 Å². The Morgan fingerprint density at radius 3 is 2.86 bits per heavy atom. The summed E-state index contributed by atoms with van der Waals surface area (Å²) in [4.78, 5) is 0. The van der Waals surface area contributed by atoms with Crippen molar-refractivity contribution in [3.8, 4) is 0 Å². The zero-order valence-electron chi connectivity index (χ0n) is 3.76. The zero-order chi connectivity index (χ0) is 5.11. The van der Waals surface area contributed by atoms with Crippen molar-refractivity contribution in [3.63, 3.8) is 0 Å². The molecule has 0 saturated carbocycles. The molecule has 1 aliphatic rings. The van der Waals surface area contributed by atoms with Crippen molar-refractivity contribution in [1.82, 2.24) is 4.67 Å². The summed E-state index contributed by atoms with van der Waals surface area (Å²) in [6, 6.07) is 0. The lowest BCUT2D eigenvalue weighted by molar-refractivity contribution is 1.47. The highest BCUT2D eigenvalue weighted by Gasteiger charge is 1.95. The van der Waals surface area contributed by atoms with Crippen LogP contribution in [0.1, 0.15) is 6.42 Å². The maximum Gasteiger partial charge on any atom is 0.305 e. The molecule has 0 saturated heterocycles. The van der Waals surface area contributed by atoms with Crippen LogP contribution in [0.4, 0.5) is 0 Å². The molecule has 0 atom stereocenters. The van der Waals surface area contributed by atoms with Gasteiger partial charge < -0.3 is 0 Å². The number of nitrogens with zero attached hydrogens (tertiary/aromatic N) is 1. The second kappa shape index (κ2) is 2.10. The van der Waals surface area contributed by atoms with E-state index in [4.69, 9.17) is 0 Å². The van der Waals surface area contributed by atoms with E-state index < -0.39 is 0 Å². The summed E-state index contributed by atoms with van der Waals surface area (Å²) < 4.78 is 4.97. The predicted molar refractivity (Wildman–Crippen MR) is 35.9 cm³/mol. The summed E-state index contributed by atoms with van der Waals surface area (Å²) in [7, 11) is 0. The second-order valence-corrected chi connectivity index (χ2v) is 2.20. The Kier molecular flexibility index (Phi) is 1.45. The van der Waals surface area contributed by atoms with Crippen LogP contribution in [0.5, 0.6) is 0 Å². The molecular formula is C5H5BrN+. The number of halogens is 1. The molecule has 1 aliphatic heterocycles. The van der Waals surface area contributed by atoms with E-state index in [0.717, 1.165) is 10.9 Å². The van der Waals surface area contributed by atoms with Gasteiger partial charge in [-0.15, -0.1) is 4.67 Å². The van der Waals surface area contributed by atoms with Gasteiger partial charge in [-0.05, 0) is 15.9 Å². The summed E-state index contributed by atoms with van der Waals surface area (Å²) in [5.74, 6) is 0. The van der Waals surface area contributed by atoms with Crippen molar-refractivity contribution in [2.45, 2.75) is 6.42 Å². The third kappa shape index (κ3) is 1.30. The summed E-state index contributed by atoms with van der Waals surface area (Å²) in [6.07, 6.45) is 6.67. The molecule has 0 aromatic carbocycles. The van der Waals surface area contributed by atoms with Gasteiger partial charge in [0.15, 0.2) is 0 Å². The molecule has 0 radical (unpaired) electrons. The van der Waals surface area contributed by atoms with Crippen LogP contribution in [0.25, 0.3) is 0 Å². The SMILES string of the molecule is BrC1=CCC=[N+]=C1. The summed E-state index contributed by atoms with van der Waals surface area (Å²) >= 11 is 3.28. The lowest BCUT2D eigenvalue weighted by Gasteiger charge is -1.76. The van der Waals surface area contributed by atoms with Crippen LogP contribution in [0.3, 0.4) is 0 Å². The normalized spacial score (nSPS) is 17.0. The first kappa shape index (κ1) is 4.82. The van der Waals surface area contributed by atoms with Crippen molar-refractivity contribution in [3.05, 3.63) is 10.6 Å². The third-order valence-corrected chi connectivity index (χ3v) is 1.25. The van der Waals surface area contributed by atoms with Crippen molar-refractivity contribution >= 4 is 28.4 Å². The molecule has 1 rings (SSSR count). The van der Waals surface area contributed by atoms with Crippen LogP contribution in [0.2, 0.25) is 0 Å². The van der Waals surface area contributed by atoms with Gasteiger partial charge in [0.25, 0.3) is 6.21 Å². The van der Waals surface area contributed by atoms with E-state index in [0.29, 0.717) is 0 Å². The molecule has 2 heteroatoms. The highest BCUT2D eigenvalue weighted by atomic mass is 79.9. The van der Waals surface area contributed by atoms with Gasteiger partial charge in [-0.1, -0.05) is 6.08 Å². The van der Waals surface area contributed by atoms with Gasteiger partial charge in [0.05, 0.1) is 10.9 Å². The fourth-order valence-electron chi connectivity index (χ4n) is 0.403. The van der Waals surface area contributed by atoms with Gasteiger partial charge in [-0.25, -0.2) is 0 Å².